The minimum atomic E-state index is -0.362. The van der Waals surface area contributed by atoms with Crippen molar-refractivity contribution in [3.63, 3.8) is 0 Å². The molecule has 2 saturated carbocycles. The highest BCUT2D eigenvalue weighted by atomic mass is 32.2. The van der Waals surface area contributed by atoms with E-state index in [0.29, 0.717) is 24.2 Å². The number of nitrogens with zero attached hydrogens (tertiary/aromatic N) is 1. The van der Waals surface area contributed by atoms with E-state index in [1.807, 2.05) is 18.7 Å². The van der Waals surface area contributed by atoms with Crippen molar-refractivity contribution in [1.29, 1.82) is 0 Å². The van der Waals surface area contributed by atoms with Gasteiger partial charge in [-0.15, -0.1) is 11.8 Å². The van der Waals surface area contributed by atoms with Crippen LogP contribution in [0.1, 0.15) is 58.8 Å². The Labute approximate surface area is 143 Å². The van der Waals surface area contributed by atoms with E-state index in [-0.39, 0.29) is 29.2 Å². The van der Waals surface area contributed by atoms with Crippen LogP contribution in [0, 0.1) is 17.8 Å². The number of hydrogen-bond donors (Lipinski definition) is 0. The molecular weight excluding hydrogens is 310 g/mol. The first-order valence-electron chi connectivity index (χ1n) is 9.18. The predicted octanol–water partition coefficient (Wildman–Crippen LogP) is 3.45. The lowest BCUT2D eigenvalue weighted by atomic mass is 9.88. The highest BCUT2D eigenvalue weighted by Crippen LogP contribution is 2.43. The summed E-state index contributed by atoms with van der Waals surface area (Å²) < 4.78 is 5.46. The molecule has 2 unspecified atom stereocenters. The van der Waals surface area contributed by atoms with Crippen molar-refractivity contribution in [3.8, 4) is 0 Å². The van der Waals surface area contributed by atoms with E-state index < -0.39 is 0 Å². The SMILES string of the molecule is CC(C)COC(=O)C1CSC(C2CCCCC2)N1C(=O)C1CC1. The largest absolute Gasteiger partial charge is 0.464 e. The van der Waals surface area contributed by atoms with Gasteiger partial charge in [0.25, 0.3) is 0 Å². The molecule has 0 aromatic rings. The Morgan fingerprint density at radius 1 is 1.13 bits per heavy atom. The molecule has 3 aliphatic rings. The minimum Gasteiger partial charge on any atom is -0.464 e. The number of ether oxygens (including phenoxy) is 1. The molecular formula is C18H29NO3S. The highest BCUT2D eigenvalue weighted by molar-refractivity contribution is 8.00. The van der Waals surface area contributed by atoms with Crippen molar-refractivity contribution in [1.82, 2.24) is 4.90 Å². The molecule has 3 rings (SSSR count). The van der Waals surface area contributed by atoms with Crippen LogP contribution in [0.2, 0.25) is 0 Å². The van der Waals surface area contributed by atoms with E-state index in [2.05, 4.69) is 0 Å². The van der Waals surface area contributed by atoms with Crippen LogP contribution in [0.5, 0.6) is 0 Å². The lowest BCUT2D eigenvalue weighted by molar-refractivity contribution is -0.156. The fourth-order valence-corrected chi connectivity index (χ4v) is 5.29. The second-order valence-electron chi connectivity index (χ2n) is 7.68. The third kappa shape index (κ3) is 4.04. The van der Waals surface area contributed by atoms with E-state index in [0.717, 1.165) is 12.8 Å². The highest BCUT2D eigenvalue weighted by Gasteiger charge is 2.48. The average Bonchev–Trinajstić information content (AvgIpc) is 3.31. The van der Waals surface area contributed by atoms with Crippen molar-refractivity contribution >= 4 is 23.6 Å². The van der Waals surface area contributed by atoms with Crippen molar-refractivity contribution in [2.75, 3.05) is 12.4 Å². The van der Waals surface area contributed by atoms with E-state index >= 15 is 0 Å². The van der Waals surface area contributed by atoms with Crippen LogP contribution in [0.15, 0.2) is 0 Å². The molecule has 1 aliphatic heterocycles. The van der Waals surface area contributed by atoms with Crippen molar-refractivity contribution in [2.24, 2.45) is 17.8 Å². The standard InChI is InChI=1S/C18H29NO3S/c1-12(2)10-22-18(21)15-11-23-17(14-6-4-3-5-7-14)19(15)16(20)13-8-9-13/h12-15,17H,3-11H2,1-2H3. The maximum Gasteiger partial charge on any atom is 0.329 e. The lowest BCUT2D eigenvalue weighted by Crippen LogP contribution is -2.49. The molecule has 0 aromatic carbocycles. The van der Waals surface area contributed by atoms with Gasteiger partial charge in [0.2, 0.25) is 5.91 Å². The molecule has 0 spiro atoms. The zero-order valence-corrected chi connectivity index (χ0v) is 15.1. The summed E-state index contributed by atoms with van der Waals surface area (Å²) in [7, 11) is 0. The van der Waals surface area contributed by atoms with Crippen molar-refractivity contribution < 1.29 is 14.3 Å². The topological polar surface area (TPSA) is 46.6 Å². The summed E-state index contributed by atoms with van der Waals surface area (Å²) in [6, 6.07) is -0.362. The monoisotopic (exact) mass is 339 g/mol. The van der Waals surface area contributed by atoms with Gasteiger partial charge in [-0.3, -0.25) is 4.79 Å². The van der Waals surface area contributed by atoms with E-state index in [4.69, 9.17) is 4.74 Å². The maximum atomic E-state index is 12.8. The minimum absolute atomic E-state index is 0.167. The fourth-order valence-electron chi connectivity index (χ4n) is 3.66. The second kappa shape index (κ2) is 7.45. The van der Waals surface area contributed by atoms with Crippen LogP contribution in [-0.2, 0) is 14.3 Å². The summed E-state index contributed by atoms with van der Waals surface area (Å²) in [6.07, 6.45) is 8.20. The summed E-state index contributed by atoms with van der Waals surface area (Å²) >= 11 is 1.81. The number of rotatable bonds is 5. The Hall–Kier alpha value is -0.710. The zero-order chi connectivity index (χ0) is 16.4. The first-order valence-corrected chi connectivity index (χ1v) is 10.2. The van der Waals surface area contributed by atoms with Gasteiger partial charge in [-0.2, -0.15) is 0 Å². The van der Waals surface area contributed by atoms with Gasteiger partial charge in [0, 0.05) is 11.7 Å². The maximum absolute atomic E-state index is 12.8. The van der Waals surface area contributed by atoms with E-state index in [1.54, 1.807) is 11.8 Å². The number of carbonyl (C=O) groups excluding carboxylic acids is 2. The Morgan fingerprint density at radius 3 is 2.43 bits per heavy atom. The van der Waals surface area contributed by atoms with Gasteiger partial charge in [-0.05, 0) is 37.5 Å². The summed E-state index contributed by atoms with van der Waals surface area (Å²) in [5.41, 5.74) is 0. The number of esters is 1. The molecule has 1 heterocycles. The third-order valence-corrected chi connectivity index (χ3v) is 6.56. The smallest absolute Gasteiger partial charge is 0.329 e. The number of thioether (sulfide) groups is 1. The van der Waals surface area contributed by atoms with Crippen LogP contribution in [-0.4, -0.2) is 40.6 Å². The van der Waals surface area contributed by atoms with Crippen LogP contribution >= 0.6 is 11.8 Å². The normalized spacial score (nSPS) is 29.1. The molecule has 0 N–H and O–H groups in total. The third-order valence-electron chi connectivity index (χ3n) is 5.10. The first kappa shape index (κ1) is 17.1. The van der Waals surface area contributed by atoms with Crippen molar-refractivity contribution in [3.05, 3.63) is 0 Å². The Balaban J connectivity index is 1.70. The molecule has 0 aromatic heterocycles. The number of carbonyl (C=O) groups is 2. The summed E-state index contributed by atoms with van der Waals surface area (Å²) in [6.45, 7) is 4.52. The van der Waals surface area contributed by atoms with E-state index in [9.17, 15) is 9.59 Å². The Kier molecular flexibility index (Phi) is 5.55. The fraction of sp³-hybridized carbons (Fsp3) is 0.889. The van der Waals surface area contributed by atoms with Gasteiger partial charge < -0.3 is 9.64 Å². The van der Waals surface area contributed by atoms with Crippen LogP contribution in [0.3, 0.4) is 0 Å². The molecule has 5 heteroatoms. The first-order chi connectivity index (χ1) is 11.1. The van der Waals surface area contributed by atoms with E-state index in [1.165, 1.54) is 32.1 Å². The summed E-state index contributed by atoms with van der Waals surface area (Å²) in [5, 5.41) is 0.194. The lowest BCUT2D eigenvalue weighted by Gasteiger charge is -2.35. The predicted molar refractivity (Wildman–Crippen MR) is 92.0 cm³/mol. The van der Waals surface area contributed by atoms with Gasteiger partial charge in [-0.25, -0.2) is 4.79 Å². The summed E-state index contributed by atoms with van der Waals surface area (Å²) in [5.74, 6) is 1.76. The quantitative estimate of drug-likeness (QED) is 0.720. The van der Waals surface area contributed by atoms with Crippen LogP contribution in [0.25, 0.3) is 0 Å². The number of amides is 1. The van der Waals surface area contributed by atoms with Gasteiger partial charge in [-0.1, -0.05) is 33.1 Å². The molecule has 2 atom stereocenters. The molecule has 130 valence electrons. The molecule has 3 fully saturated rings. The van der Waals surface area contributed by atoms with Crippen LogP contribution in [0.4, 0.5) is 0 Å². The van der Waals surface area contributed by atoms with Crippen LogP contribution < -0.4 is 0 Å². The second-order valence-corrected chi connectivity index (χ2v) is 8.83. The Bertz CT molecular complexity index is 444. The molecule has 23 heavy (non-hydrogen) atoms. The van der Waals surface area contributed by atoms with Crippen molar-refractivity contribution in [2.45, 2.75) is 70.2 Å². The van der Waals surface area contributed by atoms with Gasteiger partial charge >= 0.3 is 5.97 Å². The molecule has 0 bridgehead atoms. The van der Waals surface area contributed by atoms with Gasteiger partial charge in [0.05, 0.1) is 12.0 Å². The molecule has 0 radical (unpaired) electrons. The summed E-state index contributed by atoms with van der Waals surface area (Å²) in [4.78, 5) is 27.3. The van der Waals surface area contributed by atoms with Gasteiger partial charge in [0.1, 0.15) is 6.04 Å². The molecule has 1 saturated heterocycles. The Morgan fingerprint density at radius 2 is 1.83 bits per heavy atom. The average molecular weight is 340 g/mol. The number of hydrogen-bond acceptors (Lipinski definition) is 4. The molecule has 2 aliphatic carbocycles. The zero-order valence-electron chi connectivity index (χ0n) is 14.3. The molecule has 1 amide bonds. The van der Waals surface area contributed by atoms with Gasteiger partial charge in [0.15, 0.2) is 0 Å². The molecule has 4 nitrogen and oxygen atoms in total.